The lowest BCUT2D eigenvalue weighted by Gasteiger charge is -2.39. The van der Waals surface area contributed by atoms with Gasteiger partial charge in [-0.15, -0.1) is 0 Å². The van der Waals surface area contributed by atoms with E-state index in [-0.39, 0.29) is 5.91 Å². The van der Waals surface area contributed by atoms with Gasteiger partial charge in [0.1, 0.15) is 0 Å². The molecule has 3 aliphatic rings. The number of carbonyl (C=O) groups is 1. The van der Waals surface area contributed by atoms with Gasteiger partial charge in [0.2, 0.25) is 5.91 Å². The second-order valence-corrected chi connectivity index (χ2v) is 6.82. The maximum Gasteiger partial charge on any atom is 0.242 e. The van der Waals surface area contributed by atoms with Crippen LogP contribution in [0.3, 0.4) is 0 Å². The molecule has 108 valence electrons. The fraction of sp³-hybridized carbons (Fsp3) is 0.933. The lowest BCUT2D eigenvalue weighted by atomic mass is 9.93. The fourth-order valence-corrected chi connectivity index (χ4v) is 3.74. The highest BCUT2D eigenvalue weighted by Crippen LogP contribution is 2.39. The summed E-state index contributed by atoms with van der Waals surface area (Å²) >= 11 is 0. The zero-order valence-corrected chi connectivity index (χ0v) is 12.1. The molecule has 1 aliphatic carbocycles. The third-order valence-electron chi connectivity index (χ3n) is 5.29. The van der Waals surface area contributed by atoms with Crippen LogP contribution in [0, 0.1) is 5.92 Å². The van der Waals surface area contributed by atoms with E-state index in [4.69, 9.17) is 5.73 Å². The molecular formula is C15H27N3O. The van der Waals surface area contributed by atoms with E-state index in [0.29, 0.717) is 12.0 Å². The minimum absolute atomic E-state index is 0.190. The van der Waals surface area contributed by atoms with Gasteiger partial charge in [-0.25, -0.2) is 0 Å². The summed E-state index contributed by atoms with van der Waals surface area (Å²) in [5.74, 6) is 0.617. The molecule has 0 aromatic heterocycles. The van der Waals surface area contributed by atoms with Crippen molar-refractivity contribution in [1.82, 2.24) is 9.80 Å². The summed E-state index contributed by atoms with van der Waals surface area (Å²) in [6.07, 6.45) is 7.22. The number of nitrogens with zero attached hydrogens (tertiary/aromatic N) is 2. The van der Waals surface area contributed by atoms with Crippen molar-refractivity contribution in [3.8, 4) is 0 Å². The van der Waals surface area contributed by atoms with Crippen molar-refractivity contribution in [2.24, 2.45) is 11.7 Å². The minimum Gasteiger partial charge on any atom is -0.341 e. The second-order valence-electron chi connectivity index (χ2n) is 6.82. The molecular weight excluding hydrogens is 238 g/mol. The highest BCUT2D eigenvalue weighted by Gasteiger charge is 2.46. The molecule has 1 saturated carbocycles. The van der Waals surface area contributed by atoms with E-state index < -0.39 is 5.54 Å². The number of rotatable bonds is 3. The molecule has 1 amide bonds. The number of hydrogen-bond donors (Lipinski definition) is 1. The first kappa shape index (κ1) is 13.4. The van der Waals surface area contributed by atoms with Crippen LogP contribution in [-0.2, 0) is 4.79 Å². The Bertz CT molecular complexity index is 337. The van der Waals surface area contributed by atoms with Crippen molar-refractivity contribution in [3.05, 3.63) is 0 Å². The molecule has 2 saturated heterocycles. The van der Waals surface area contributed by atoms with Gasteiger partial charge in [0.15, 0.2) is 0 Å². The third kappa shape index (κ3) is 2.65. The van der Waals surface area contributed by atoms with E-state index in [9.17, 15) is 4.79 Å². The van der Waals surface area contributed by atoms with Crippen LogP contribution < -0.4 is 5.73 Å². The van der Waals surface area contributed by atoms with Gasteiger partial charge in [-0.3, -0.25) is 4.79 Å². The van der Waals surface area contributed by atoms with Gasteiger partial charge in [0.05, 0.1) is 5.54 Å². The van der Waals surface area contributed by atoms with E-state index in [1.807, 2.05) is 11.8 Å². The highest BCUT2D eigenvalue weighted by molar-refractivity contribution is 5.86. The van der Waals surface area contributed by atoms with Gasteiger partial charge in [-0.1, -0.05) is 0 Å². The SMILES string of the molecule is CC(N)(C(=O)N1CCC(N2CCCC2)CC1)C1CC1. The summed E-state index contributed by atoms with van der Waals surface area (Å²) in [6.45, 7) is 6.25. The van der Waals surface area contributed by atoms with Crippen LogP contribution in [0.4, 0.5) is 0 Å². The molecule has 0 radical (unpaired) electrons. The average molecular weight is 265 g/mol. The normalized spacial score (nSPS) is 29.5. The predicted molar refractivity (Wildman–Crippen MR) is 75.7 cm³/mol. The maximum absolute atomic E-state index is 12.5. The quantitative estimate of drug-likeness (QED) is 0.834. The summed E-state index contributed by atoms with van der Waals surface area (Å²) in [7, 11) is 0. The number of carbonyl (C=O) groups excluding carboxylic acids is 1. The maximum atomic E-state index is 12.5. The zero-order chi connectivity index (χ0) is 13.5. The van der Waals surface area contributed by atoms with Crippen molar-refractivity contribution in [2.45, 2.75) is 57.0 Å². The second kappa shape index (κ2) is 5.06. The van der Waals surface area contributed by atoms with E-state index in [1.165, 1.54) is 25.9 Å². The van der Waals surface area contributed by atoms with Crippen molar-refractivity contribution in [3.63, 3.8) is 0 Å². The Hall–Kier alpha value is -0.610. The number of piperidine rings is 1. The van der Waals surface area contributed by atoms with Crippen molar-refractivity contribution in [2.75, 3.05) is 26.2 Å². The smallest absolute Gasteiger partial charge is 0.242 e. The van der Waals surface area contributed by atoms with Crippen LogP contribution in [0.2, 0.25) is 0 Å². The lowest BCUT2D eigenvalue weighted by Crippen LogP contribution is -2.57. The summed E-state index contributed by atoms with van der Waals surface area (Å²) in [4.78, 5) is 17.2. The first-order valence-corrected chi connectivity index (χ1v) is 7.91. The fourth-order valence-electron chi connectivity index (χ4n) is 3.74. The van der Waals surface area contributed by atoms with Gasteiger partial charge in [0.25, 0.3) is 0 Å². The topological polar surface area (TPSA) is 49.6 Å². The molecule has 1 unspecified atom stereocenters. The molecule has 0 aromatic rings. The molecule has 4 heteroatoms. The predicted octanol–water partition coefficient (Wildman–Crippen LogP) is 1.20. The van der Waals surface area contributed by atoms with Crippen molar-refractivity contribution < 1.29 is 4.79 Å². The van der Waals surface area contributed by atoms with Gasteiger partial charge in [0, 0.05) is 19.1 Å². The van der Waals surface area contributed by atoms with Crippen molar-refractivity contribution in [1.29, 1.82) is 0 Å². The first-order chi connectivity index (χ1) is 9.09. The van der Waals surface area contributed by atoms with Gasteiger partial charge >= 0.3 is 0 Å². The zero-order valence-electron chi connectivity index (χ0n) is 12.1. The molecule has 19 heavy (non-hydrogen) atoms. The molecule has 0 bridgehead atoms. The number of likely N-dealkylation sites (tertiary alicyclic amines) is 2. The largest absolute Gasteiger partial charge is 0.341 e. The summed E-state index contributed by atoms with van der Waals surface area (Å²) < 4.78 is 0. The molecule has 1 atom stereocenters. The van der Waals surface area contributed by atoms with Crippen LogP contribution in [0.1, 0.15) is 45.4 Å². The third-order valence-corrected chi connectivity index (χ3v) is 5.29. The number of amides is 1. The number of nitrogens with two attached hydrogens (primary N) is 1. The number of hydrogen-bond acceptors (Lipinski definition) is 3. The Morgan fingerprint density at radius 3 is 2.16 bits per heavy atom. The van der Waals surface area contributed by atoms with E-state index in [2.05, 4.69) is 4.90 Å². The summed E-state index contributed by atoms with van der Waals surface area (Å²) in [5.41, 5.74) is 5.64. The van der Waals surface area contributed by atoms with E-state index >= 15 is 0 Å². The average Bonchev–Trinajstić information content (AvgIpc) is 3.15. The van der Waals surface area contributed by atoms with Gasteiger partial charge in [-0.2, -0.15) is 0 Å². The molecule has 3 fully saturated rings. The van der Waals surface area contributed by atoms with E-state index in [0.717, 1.165) is 38.8 Å². The van der Waals surface area contributed by atoms with Gasteiger partial charge in [-0.05, 0) is 64.5 Å². The van der Waals surface area contributed by atoms with E-state index in [1.54, 1.807) is 0 Å². The summed E-state index contributed by atoms with van der Waals surface area (Å²) in [6, 6.07) is 0.705. The van der Waals surface area contributed by atoms with Gasteiger partial charge < -0.3 is 15.5 Å². The molecule has 0 spiro atoms. The van der Waals surface area contributed by atoms with Crippen LogP contribution in [0.15, 0.2) is 0 Å². The monoisotopic (exact) mass is 265 g/mol. The molecule has 2 N–H and O–H groups in total. The molecule has 2 aliphatic heterocycles. The molecule has 0 aromatic carbocycles. The van der Waals surface area contributed by atoms with Crippen LogP contribution >= 0.6 is 0 Å². The Morgan fingerprint density at radius 2 is 1.63 bits per heavy atom. The van der Waals surface area contributed by atoms with Crippen molar-refractivity contribution >= 4 is 5.91 Å². The Labute approximate surface area is 116 Å². The van der Waals surface area contributed by atoms with Crippen LogP contribution in [0.25, 0.3) is 0 Å². The first-order valence-electron chi connectivity index (χ1n) is 7.91. The van der Waals surface area contributed by atoms with Crippen LogP contribution in [0.5, 0.6) is 0 Å². The Balaban J connectivity index is 1.53. The Morgan fingerprint density at radius 1 is 1.05 bits per heavy atom. The summed E-state index contributed by atoms with van der Waals surface area (Å²) in [5, 5.41) is 0. The minimum atomic E-state index is -0.611. The van der Waals surface area contributed by atoms with Crippen LogP contribution in [-0.4, -0.2) is 53.5 Å². The standard InChI is InChI=1S/C15H27N3O/c1-15(16,12-4-5-12)14(19)18-10-6-13(7-11-18)17-8-2-3-9-17/h12-13H,2-11,16H2,1H3. The Kier molecular flexibility index (Phi) is 3.56. The lowest BCUT2D eigenvalue weighted by molar-refractivity contribution is -0.138. The molecule has 3 rings (SSSR count). The molecule has 2 heterocycles. The highest BCUT2D eigenvalue weighted by atomic mass is 16.2. The molecule has 4 nitrogen and oxygen atoms in total.